The number of ether oxygens (including phenoxy) is 3. The molecule has 1 aliphatic heterocycles. The Labute approximate surface area is 157 Å². The SMILES string of the molecule is COc1cc(OC)cc(C(=O)NCC2CN(c3cccc(C)c3)C(=O)O2)c1. The first kappa shape index (κ1) is 18.6. The Kier molecular flexibility index (Phi) is 5.49. The predicted octanol–water partition coefficient (Wildman–Crippen LogP) is 2.77. The van der Waals surface area contributed by atoms with Gasteiger partial charge in [-0.05, 0) is 36.8 Å². The molecule has 27 heavy (non-hydrogen) atoms. The number of nitrogens with one attached hydrogen (secondary N) is 1. The quantitative estimate of drug-likeness (QED) is 0.846. The van der Waals surface area contributed by atoms with Gasteiger partial charge in [0.2, 0.25) is 0 Å². The summed E-state index contributed by atoms with van der Waals surface area (Å²) in [4.78, 5) is 26.1. The lowest BCUT2D eigenvalue weighted by Crippen LogP contribution is -2.34. The highest BCUT2D eigenvalue weighted by atomic mass is 16.6. The van der Waals surface area contributed by atoms with Crippen LogP contribution in [-0.4, -0.2) is 45.4 Å². The number of aryl methyl sites for hydroxylation is 1. The number of rotatable bonds is 6. The summed E-state index contributed by atoms with van der Waals surface area (Å²) in [5.41, 5.74) is 2.25. The van der Waals surface area contributed by atoms with Crippen molar-refractivity contribution in [1.82, 2.24) is 5.32 Å². The summed E-state index contributed by atoms with van der Waals surface area (Å²) in [6.07, 6.45) is -0.836. The van der Waals surface area contributed by atoms with Crippen molar-refractivity contribution in [3.05, 3.63) is 53.6 Å². The predicted molar refractivity (Wildman–Crippen MR) is 101 cm³/mol. The highest BCUT2D eigenvalue weighted by Gasteiger charge is 2.32. The molecule has 0 saturated carbocycles. The Morgan fingerprint density at radius 2 is 1.89 bits per heavy atom. The minimum atomic E-state index is -0.422. The Bertz CT molecular complexity index is 830. The van der Waals surface area contributed by atoms with Crippen LogP contribution in [0.15, 0.2) is 42.5 Å². The van der Waals surface area contributed by atoms with Gasteiger partial charge in [0.25, 0.3) is 5.91 Å². The molecule has 1 heterocycles. The molecule has 2 aromatic rings. The van der Waals surface area contributed by atoms with Crippen molar-refractivity contribution in [3.8, 4) is 11.5 Å². The fourth-order valence-corrected chi connectivity index (χ4v) is 2.88. The normalized spacial score (nSPS) is 16.0. The Morgan fingerprint density at radius 3 is 2.52 bits per heavy atom. The highest BCUT2D eigenvalue weighted by Crippen LogP contribution is 2.24. The number of amides is 2. The molecule has 2 aromatic carbocycles. The Hall–Kier alpha value is -3.22. The average molecular weight is 370 g/mol. The monoisotopic (exact) mass is 370 g/mol. The second kappa shape index (κ2) is 7.99. The number of cyclic esters (lactones) is 1. The molecule has 3 rings (SSSR count). The van der Waals surface area contributed by atoms with Gasteiger partial charge in [-0.15, -0.1) is 0 Å². The lowest BCUT2D eigenvalue weighted by Gasteiger charge is -2.14. The van der Waals surface area contributed by atoms with Gasteiger partial charge in [0.05, 0.1) is 27.3 Å². The second-order valence-corrected chi connectivity index (χ2v) is 6.27. The molecule has 1 atom stereocenters. The lowest BCUT2D eigenvalue weighted by atomic mass is 10.2. The van der Waals surface area contributed by atoms with Gasteiger partial charge in [-0.3, -0.25) is 9.69 Å². The molecule has 0 radical (unpaired) electrons. The van der Waals surface area contributed by atoms with Crippen molar-refractivity contribution < 1.29 is 23.8 Å². The van der Waals surface area contributed by atoms with Crippen LogP contribution in [0.3, 0.4) is 0 Å². The van der Waals surface area contributed by atoms with Gasteiger partial charge in [0.15, 0.2) is 0 Å². The summed E-state index contributed by atoms with van der Waals surface area (Å²) in [6, 6.07) is 12.6. The van der Waals surface area contributed by atoms with Crippen molar-refractivity contribution in [1.29, 1.82) is 0 Å². The third kappa shape index (κ3) is 4.31. The summed E-state index contributed by atoms with van der Waals surface area (Å²) in [5.74, 6) is 0.757. The van der Waals surface area contributed by atoms with E-state index in [2.05, 4.69) is 5.32 Å². The van der Waals surface area contributed by atoms with E-state index in [-0.39, 0.29) is 12.5 Å². The number of anilines is 1. The molecule has 1 unspecified atom stereocenters. The van der Waals surface area contributed by atoms with E-state index in [4.69, 9.17) is 14.2 Å². The fraction of sp³-hybridized carbons (Fsp3) is 0.300. The summed E-state index contributed by atoms with van der Waals surface area (Å²) < 4.78 is 15.7. The third-order valence-electron chi connectivity index (χ3n) is 4.29. The Balaban J connectivity index is 1.62. The summed E-state index contributed by atoms with van der Waals surface area (Å²) in [7, 11) is 3.04. The van der Waals surface area contributed by atoms with E-state index in [1.165, 1.54) is 14.2 Å². The minimum absolute atomic E-state index is 0.215. The molecule has 0 spiro atoms. The smallest absolute Gasteiger partial charge is 0.414 e. The largest absolute Gasteiger partial charge is 0.497 e. The molecule has 0 bridgehead atoms. The van der Waals surface area contributed by atoms with Gasteiger partial charge in [-0.25, -0.2) is 4.79 Å². The van der Waals surface area contributed by atoms with Gasteiger partial charge in [0.1, 0.15) is 17.6 Å². The zero-order chi connectivity index (χ0) is 19.4. The number of hydrogen-bond acceptors (Lipinski definition) is 5. The average Bonchev–Trinajstić information content (AvgIpc) is 3.06. The molecule has 1 N–H and O–H groups in total. The van der Waals surface area contributed by atoms with Crippen LogP contribution in [0, 0.1) is 6.92 Å². The van der Waals surface area contributed by atoms with Crippen molar-refractivity contribution in [2.24, 2.45) is 0 Å². The lowest BCUT2D eigenvalue weighted by molar-refractivity contribution is 0.0915. The number of benzene rings is 2. The standard InChI is InChI=1S/C20H22N2O5/c1-13-5-4-6-15(7-13)22-12-18(27-20(22)24)11-21-19(23)14-8-16(25-2)10-17(9-14)26-3/h4-10,18H,11-12H2,1-3H3,(H,21,23). The minimum Gasteiger partial charge on any atom is -0.497 e. The van der Waals surface area contributed by atoms with Crippen LogP contribution in [-0.2, 0) is 4.74 Å². The van der Waals surface area contributed by atoms with E-state index in [0.29, 0.717) is 23.6 Å². The topological polar surface area (TPSA) is 77.1 Å². The number of carbonyl (C=O) groups excluding carboxylic acids is 2. The van der Waals surface area contributed by atoms with Crippen molar-refractivity contribution in [3.63, 3.8) is 0 Å². The maximum Gasteiger partial charge on any atom is 0.414 e. The first-order chi connectivity index (χ1) is 13.0. The van der Waals surface area contributed by atoms with Crippen LogP contribution in [0.5, 0.6) is 11.5 Å². The van der Waals surface area contributed by atoms with Crippen LogP contribution in [0.25, 0.3) is 0 Å². The number of nitrogens with zero attached hydrogens (tertiary/aromatic N) is 1. The van der Waals surface area contributed by atoms with Gasteiger partial charge >= 0.3 is 6.09 Å². The van der Waals surface area contributed by atoms with E-state index in [1.54, 1.807) is 23.1 Å². The molecule has 0 aliphatic carbocycles. The molecular weight excluding hydrogens is 348 g/mol. The van der Waals surface area contributed by atoms with Crippen molar-refractivity contribution in [2.45, 2.75) is 13.0 Å². The number of hydrogen-bond donors (Lipinski definition) is 1. The third-order valence-corrected chi connectivity index (χ3v) is 4.29. The van der Waals surface area contributed by atoms with E-state index >= 15 is 0 Å². The zero-order valence-corrected chi connectivity index (χ0v) is 15.5. The maximum atomic E-state index is 12.4. The molecule has 7 nitrogen and oxygen atoms in total. The molecular formula is C20H22N2O5. The highest BCUT2D eigenvalue weighted by molar-refractivity contribution is 5.95. The first-order valence-corrected chi connectivity index (χ1v) is 8.56. The van der Waals surface area contributed by atoms with Gasteiger partial charge < -0.3 is 19.5 Å². The van der Waals surface area contributed by atoms with Crippen LogP contribution in [0.4, 0.5) is 10.5 Å². The molecule has 7 heteroatoms. The van der Waals surface area contributed by atoms with E-state index in [9.17, 15) is 9.59 Å². The first-order valence-electron chi connectivity index (χ1n) is 8.56. The van der Waals surface area contributed by atoms with Crippen LogP contribution < -0.4 is 19.7 Å². The molecule has 1 saturated heterocycles. The van der Waals surface area contributed by atoms with E-state index in [0.717, 1.165) is 11.3 Å². The summed E-state index contributed by atoms with van der Waals surface area (Å²) >= 11 is 0. The fourth-order valence-electron chi connectivity index (χ4n) is 2.88. The van der Waals surface area contributed by atoms with Gasteiger partial charge in [-0.2, -0.15) is 0 Å². The molecule has 0 aromatic heterocycles. The maximum absolute atomic E-state index is 12.4. The van der Waals surface area contributed by atoms with Crippen LogP contribution in [0.2, 0.25) is 0 Å². The van der Waals surface area contributed by atoms with Crippen molar-refractivity contribution >= 4 is 17.7 Å². The zero-order valence-electron chi connectivity index (χ0n) is 15.5. The van der Waals surface area contributed by atoms with Crippen LogP contribution >= 0.6 is 0 Å². The van der Waals surface area contributed by atoms with Gasteiger partial charge in [0, 0.05) is 17.3 Å². The summed E-state index contributed by atoms with van der Waals surface area (Å²) in [5, 5.41) is 2.79. The van der Waals surface area contributed by atoms with Crippen LogP contribution in [0.1, 0.15) is 15.9 Å². The molecule has 1 fully saturated rings. The van der Waals surface area contributed by atoms with E-state index < -0.39 is 12.2 Å². The molecule has 1 aliphatic rings. The molecule has 2 amide bonds. The van der Waals surface area contributed by atoms with Crippen molar-refractivity contribution in [2.75, 3.05) is 32.2 Å². The van der Waals surface area contributed by atoms with E-state index in [1.807, 2.05) is 31.2 Å². The summed E-state index contributed by atoms with van der Waals surface area (Å²) in [6.45, 7) is 2.56. The number of methoxy groups -OCH3 is 2. The second-order valence-electron chi connectivity index (χ2n) is 6.27. The van der Waals surface area contributed by atoms with Gasteiger partial charge in [-0.1, -0.05) is 12.1 Å². The Morgan fingerprint density at radius 1 is 1.19 bits per heavy atom. The molecule has 142 valence electrons. The number of carbonyl (C=O) groups is 2.